The van der Waals surface area contributed by atoms with E-state index in [-0.39, 0.29) is 28.2 Å². The molecule has 0 amide bonds. The molecule has 0 bridgehead atoms. The first-order chi connectivity index (χ1) is 9.49. The van der Waals surface area contributed by atoms with Crippen LogP contribution in [0.4, 0.5) is 0 Å². The Morgan fingerprint density at radius 1 is 1.10 bits per heavy atom. The van der Waals surface area contributed by atoms with Gasteiger partial charge >= 0.3 is 0 Å². The number of benzene rings is 2. The molecule has 0 saturated heterocycles. The van der Waals surface area contributed by atoms with Crippen LogP contribution in [-0.2, 0) is 0 Å². The van der Waals surface area contributed by atoms with Gasteiger partial charge in [-0.3, -0.25) is 4.79 Å². The summed E-state index contributed by atoms with van der Waals surface area (Å²) in [6.07, 6.45) is 0. The smallest absolute Gasteiger partial charge is 0.201 e. The van der Waals surface area contributed by atoms with Gasteiger partial charge in [0.05, 0.1) is 10.0 Å². The van der Waals surface area contributed by atoms with Crippen molar-refractivity contribution in [2.45, 2.75) is 0 Å². The second-order valence-corrected chi connectivity index (χ2v) is 6.00. The standard InChI is InChI=1S/C14H8BrCl3O2/c15-10-4-2-1-3-9(10)13(19)7-20-14-11(17)5-8(16)6-12(14)18/h1-6H,7H2. The molecule has 2 nitrogen and oxygen atoms in total. The van der Waals surface area contributed by atoms with Gasteiger partial charge in [-0.25, -0.2) is 0 Å². The number of ether oxygens (including phenoxy) is 1. The van der Waals surface area contributed by atoms with E-state index >= 15 is 0 Å². The lowest BCUT2D eigenvalue weighted by molar-refractivity contribution is 0.0921. The van der Waals surface area contributed by atoms with Crippen molar-refractivity contribution in [2.75, 3.05) is 6.61 Å². The van der Waals surface area contributed by atoms with Crippen LogP contribution in [0.3, 0.4) is 0 Å². The van der Waals surface area contributed by atoms with Crippen LogP contribution < -0.4 is 4.74 Å². The fraction of sp³-hybridized carbons (Fsp3) is 0.0714. The van der Waals surface area contributed by atoms with Crippen molar-refractivity contribution in [2.24, 2.45) is 0 Å². The molecule has 0 aliphatic rings. The third-order valence-electron chi connectivity index (χ3n) is 2.48. The highest BCUT2D eigenvalue weighted by atomic mass is 79.9. The zero-order valence-corrected chi connectivity index (χ0v) is 13.9. The van der Waals surface area contributed by atoms with E-state index in [4.69, 9.17) is 39.5 Å². The van der Waals surface area contributed by atoms with Crippen molar-refractivity contribution >= 4 is 56.5 Å². The van der Waals surface area contributed by atoms with E-state index in [1.165, 1.54) is 12.1 Å². The number of ketones is 1. The fourth-order valence-electron chi connectivity index (χ4n) is 1.57. The highest BCUT2D eigenvalue weighted by molar-refractivity contribution is 9.10. The Labute approximate surface area is 139 Å². The van der Waals surface area contributed by atoms with E-state index in [1.54, 1.807) is 18.2 Å². The molecule has 6 heteroatoms. The summed E-state index contributed by atoms with van der Waals surface area (Å²) in [5, 5.41) is 0.939. The molecule has 0 fully saturated rings. The van der Waals surface area contributed by atoms with Gasteiger partial charge < -0.3 is 4.74 Å². The Morgan fingerprint density at radius 3 is 2.30 bits per heavy atom. The molecule has 20 heavy (non-hydrogen) atoms. The lowest BCUT2D eigenvalue weighted by Gasteiger charge is -2.10. The van der Waals surface area contributed by atoms with Gasteiger partial charge in [0.15, 0.2) is 12.4 Å². The second kappa shape index (κ2) is 6.81. The molecule has 0 saturated carbocycles. The molecule has 2 rings (SSSR count). The van der Waals surface area contributed by atoms with Gasteiger partial charge in [0.1, 0.15) is 0 Å². The van der Waals surface area contributed by atoms with Crippen LogP contribution in [0.5, 0.6) is 5.75 Å². The van der Waals surface area contributed by atoms with Crippen molar-refractivity contribution in [1.29, 1.82) is 0 Å². The molecule has 0 radical (unpaired) electrons. The summed E-state index contributed by atoms with van der Waals surface area (Å²) in [6, 6.07) is 10.1. The molecule has 0 aliphatic carbocycles. The molecule has 0 aromatic heterocycles. The highest BCUT2D eigenvalue weighted by Gasteiger charge is 2.14. The topological polar surface area (TPSA) is 26.3 Å². The molecule has 2 aromatic rings. The SMILES string of the molecule is O=C(COc1c(Cl)cc(Cl)cc1Cl)c1ccccc1Br. The Kier molecular flexibility index (Phi) is 5.33. The zero-order chi connectivity index (χ0) is 14.7. The first-order valence-electron chi connectivity index (χ1n) is 5.54. The molecule has 0 heterocycles. The van der Waals surface area contributed by atoms with Crippen molar-refractivity contribution in [3.05, 3.63) is 61.5 Å². The molecule has 0 aliphatic heterocycles. The Balaban J connectivity index is 2.14. The molecule has 2 aromatic carbocycles. The van der Waals surface area contributed by atoms with Crippen LogP contribution in [0, 0.1) is 0 Å². The van der Waals surface area contributed by atoms with Gasteiger partial charge in [0.25, 0.3) is 0 Å². The van der Waals surface area contributed by atoms with Crippen LogP contribution in [0.25, 0.3) is 0 Å². The first kappa shape index (κ1) is 15.6. The number of hydrogen-bond acceptors (Lipinski definition) is 2. The lowest BCUT2D eigenvalue weighted by atomic mass is 10.1. The van der Waals surface area contributed by atoms with Crippen molar-refractivity contribution in [3.63, 3.8) is 0 Å². The minimum Gasteiger partial charge on any atom is -0.482 e. The summed E-state index contributed by atoms with van der Waals surface area (Å²) in [7, 11) is 0. The largest absolute Gasteiger partial charge is 0.482 e. The minimum atomic E-state index is -0.181. The predicted molar refractivity (Wildman–Crippen MR) is 85.4 cm³/mol. The Bertz CT molecular complexity index is 636. The van der Waals surface area contributed by atoms with E-state index in [2.05, 4.69) is 15.9 Å². The molecule has 0 atom stereocenters. The van der Waals surface area contributed by atoms with Gasteiger partial charge in [0.2, 0.25) is 5.78 Å². The predicted octanol–water partition coefficient (Wildman–Crippen LogP) is 5.67. The maximum Gasteiger partial charge on any atom is 0.201 e. The monoisotopic (exact) mass is 392 g/mol. The molecule has 0 spiro atoms. The van der Waals surface area contributed by atoms with Crippen LogP contribution in [-0.4, -0.2) is 12.4 Å². The summed E-state index contributed by atoms with van der Waals surface area (Å²) < 4.78 is 6.11. The van der Waals surface area contributed by atoms with Gasteiger partial charge in [0, 0.05) is 15.1 Å². The second-order valence-electron chi connectivity index (χ2n) is 3.89. The van der Waals surface area contributed by atoms with E-state index in [0.29, 0.717) is 15.1 Å². The average Bonchev–Trinajstić information content (AvgIpc) is 2.37. The summed E-state index contributed by atoms with van der Waals surface area (Å²) in [6.45, 7) is -0.163. The van der Waals surface area contributed by atoms with Crippen LogP contribution >= 0.6 is 50.7 Å². The fourth-order valence-corrected chi connectivity index (χ4v) is 3.00. The van der Waals surface area contributed by atoms with E-state index in [1.807, 2.05) is 6.07 Å². The van der Waals surface area contributed by atoms with Crippen LogP contribution in [0.2, 0.25) is 15.1 Å². The number of hydrogen-bond donors (Lipinski definition) is 0. The maximum absolute atomic E-state index is 12.1. The number of carbonyl (C=O) groups is 1. The lowest BCUT2D eigenvalue weighted by Crippen LogP contribution is -2.12. The van der Waals surface area contributed by atoms with Gasteiger partial charge in [-0.1, -0.05) is 68.9 Å². The van der Waals surface area contributed by atoms with Crippen molar-refractivity contribution in [3.8, 4) is 5.75 Å². The van der Waals surface area contributed by atoms with Gasteiger partial charge in [-0.2, -0.15) is 0 Å². The summed E-state index contributed by atoms with van der Waals surface area (Å²) >= 11 is 21.1. The number of Topliss-reactive ketones (excluding diaryl/α,β-unsaturated/α-hetero) is 1. The minimum absolute atomic E-state index is 0.163. The van der Waals surface area contributed by atoms with Crippen LogP contribution in [0.15, 0.2) is 40.9 Å². The zero-order valence-electron chi connectivity index (χ0n) is 10.00. The number of carbonyl (C=O) groups excluding carboxylic acids is 1. The summed E-state index contributed by atoms with van der Waals surface area (Å²) in [4.78, 5) is 12.1. The van der Waals surface area contributed by atoms with Gasteiger partial charge in [-0.05, 0) is 18.2 Å². The van der Waals surface area contributed by atoms with E-state index in [0.717, 1.165) is 0 Å². The molecule has 104 valence electrons. The summed E-state index contributed by atoms with van der Waals surface area (Å²) in [5.41, 5.74) is 0.536. The normalized spacial score (nSPS) is 10.4. The quantitative estimate of drug-likeness (QED) is 0.625. The summed E-state index contributed by atoms with van der Waals surface area (Å²) in [5.74, 6) is 0.0673. The first-order valence-corrected chi connectivity index (χ1v) is 7.47. The molecular formula is C14H8BrCl3O2. The van der Waals surface area contributed by atoms with Crippen LogP contribution in [0.1, 0.15) is 10.4 Å². The number of rotatable bonds is 4. The maximum atomic E-state index is 12.1. The molecule has 0 unspecified atom stereocenters. The highest BCUT2D eigenvalue weighted by Crippen LogP contribution is 2.35. The Hall–Kier alpha value is -0.740. The van der Waals surface area contributed by atoms with Crippen molar-refractivity contribution < 1.29 is 9.53 Å². The average molecular weight is 394 g/mol. The molecular weight excluding hydrogens is 386 g/mol. The van der Waals surface area contributed by atoms with E-state index < -0.39 is 0 Å². The number of halogens is 4. The Morgan fingerprint density at radius 2 is 1.70 bits per heavy atom. The van der Waals surface area contributed by atoms with Gasteiger partial charge in [-0.15, -0.1) is 0 Å². The third kappa shape index (κ3) is 3.67. The molecule has 0 N–H and O–H groups in total. The van der Waals surface area contributed by atoms with E-state index in [9.17, 15) is 4.79 Å². The van der Waals surface area contributed by atoms with Crippen molar-refractivity contribution in [1.82, 2.24) is 0 Å². The third-order valence-corrected chi connectivity index (χ3v) is 3.96.